The maximum atomic E-state index is 12.2. The minimum absolute atomic E-state index is 0.288. The lowest BCUT2D eigenvalue weighted by atomic mass is 10.1. The van der Waals surface area contributed by atoms with E-state index in [2.05, 4.69) is 23.9 Å². The lowest BCUT2D eigenvalue weighted by Gasteiger charge is -2.09. The maximum absolute atomic E-state index is 12.2. The second kappa shape index (κ2) is 5.23. The highest BCUT2D eigenvalue weighted by Gasteiger charge is 2.45. The van der Waals surface area contributed by atoms with Crippen molar-refractivity contribution in [2.45, 2.75) is 31.7 Å². The summed E-state index contributed by atoms with van der Waals surface area (Å²) in [5, 5.41) is 3.02. The Balaban J connectivity index is 2.04. The van der Waals surface area contributed by atoms with Crippen LogP contribution in [0.5, 0.6) is 0 Å². The molecule has 0 heterocycles. The van der Waals surface area contributed by atoms with E-state index < -0.39 is 10.0 Å². The lowest BCUT2D eigenvalue weighted by molar-refractivity contribution is 0.537. The fourth-order valence-electron chi connectivity index (χ4n) is 2.24. The summed E-state index contributed by atoms with van der Waals surface area (Å²) in [5.41, 5.74) is 1.26. The molecule has 4 nitrogen and oxygen atoms in total. The zero-order chi connectivity index (χ0) is 14.1. The first-order valence-corrected chi connectivity index (χ1v) is 8.07. The monoisotopic (exact) mass is 282 g/mol. The number of rotatable bonds is 6. The molecule has 1 unspecified atom stereocenters. The van der Waals surface area contributed by atoms with Gasteiger partial charge in [0.05, 0.1) is 4.90 Å². The van der Waals surface area contributed by atoms with Crippen molar-refractivity contribution >= 4 is 10.0 Å². The van der Waals surface area contributed by atoms with Crippen molar-refractivity contribution in [2.24, 2.45) is 11.3 Å². The average Bonchev–Trinajstić information content (AvgIpc) is 2.96. The van der Waals surface area contributed by atoms with Crippen molar-refractivity contribution in [1.82, 2.24) is 10.0 Å². The van der Waals surface area contributed by atoms with Crippen molar-refractivity contribution in [2.75, 3.05) is 13.6 Å². The zero-order valence-corrected chi connectivity index (χ0v) is 12.5. The van der Waals surface area contributed by atoms with Crippen molar-refractivity contribution in [3.8, 4) is 0 Å². The SMILES string of the molecule is CNCc1cccc(S(=O)(=O)NCC2CC2(C)C)c1. The summed E-state index contributed by atoms with van der Waals surface area (Å²) >= 11 is 0. The molecule has 19 heavy (non-hydrogen) atoms. The van der Waals surface area contributed by atoms with E-state index in [0.29, 0.717) is 23.9 Å². The Morgan fingerprint density at radius 1 is 1.37 bits per heavy atom. The van der Waals surface area contributed by atoms with Gasteiger partial charge < -0.3 is 5.32 Å². The smallest absolute Gasteiger partial charge is 0.240 e. The molecule has 106 valence electrons. The van der Waals surface area contributed by atoms with Crippen LogP contribution in [0.2, 0.25) is 0 Å². The Morgan fingerprint density at radius 3 is 2.63 bits per heavy atom. The number of benzene rings is 1. The molecule has 1 atom stereocenters. The standard InChI is InChI=1S/C14H22N2O2S/c1-14(2)8-12(14)10-16-19(17,18)13-6-4-5-11(7-13)9-15-3/h4-7,12,15-16H,8-10H2,1-3H3. The summed E-state index contributed by atoms with van der Waals surface area (Å²) in [4.78, 5) is 0.346. The zero-order valence-electron chi connectivity index (χ0n) is 11.7. The summed E-state index contributed by atoms with van der Waals surface area (Å²) in [6.45, 7) is 5.53. The van der Waals surface area contributed by atoms with Gasteiger partial charge in [0.25, 0.3) is 0 Å². The van der Waals surface area contributed by atoms with Gasteiger partial charge in [-0.1, -0.05) is 26.0 Å². The molecule has 0 saturated heterocycles. The third kappa shape index (κ3) is 3.55. The molecule has 5 heteroatoms. The fraction of sp³-hybridized carbons (Fsp3) is 0.571. The van der Waals surface area contributed by atoms with E-state index in [-0.39, 0.29) is 5.41 Å². The molecule has 1 aliphatic carbocycles. The first-order chi connectivity index (χ1) is 8.85. The van der Waals surface area contributed by atoms with Crippen molar-refractivity contribution < 1.29 is 8.42 Å². The van der Waals surface area contributed by atoms with Crippen LogP contribution in [0.4, 0.5) is 0 Å². The van der Waals surface area contributed by atoms with Gasteiger partial charge in [0.2, 0.25) is 10.0 Å². The topological polar surface area (TPSA) is 58.2 Å². The molecule has 0 amide bonds. The maximum Gasteiger partial charge on any atom is 0.240 e. The number of nitrogens with one attached hydrogen (secondary N) is 2. The number of hydrogen-bond acceptors (Lipinski definition) is 3. The summed E-state index contributed by atoms with van der Waals surface area (Å²) in [6.07, 6.45) is 1.09. The molecule has 0 aromatic heterocycles. The highest BCUT2D eigenvalue weighted by atomic mass is 32.2. The lowest BCUT2D eigenvalue weighted by Crippen LogP contribution is -2.27. The van der Waals surface area contributed by atoms with Crippen LogP contribution in [-0.4, -0.2) is 22.0 Å². The highest BCUT2D eigenvalue weighted by molar-refractivity contribution is 7.89. The molecular formula is C14H22N2O2S. The molecule has 0 aliphatic heterocycles. The minimum Gasteiger partial charge on any atom is -0.316 e. The normalized spacial score (nSPS) is 21.3. The van der Waals surface area contributed by atoms with Crippen molar-refractivity contribution in [1.29, 1.82) is 0 Å². The molecule has 0 spiro atoms. The summed E-state index contributed by atoms with van der Waals surface area (Å²) in [7, 11) is -1.54. The molecular weight excluding hydrogens is 260 g/mol. The number of hydrogen-bond donors (Lipinski definition) is 2. The van der Waals surface area contributed by atoms with E-state index in [1.807, 2.05) is 13.1 Å². The molecule has 0 radical (unpaired) electrons. The minimum atomic E-state index is -3.38. The highest BCUT2D eigenvalue weighted by Crippen LogP contribution is 2.51. The second-order valence-electron chi connectivity index (χ2n) is 5.92. The van der Waals surface area contributed by atoms with Crippen LogP contribution in [0.15, 0.2) is 29.2 Å². The second-order valence-corrected chi connectivity index (χ2v) is 7.69. The summed E-state index contributed by atoms with van der Waals surface area (Å²) in [6, 6.07) is 7.05. The van der Waals surface area contributed by atoms with Gasteiger partial charge in [-0.15, -0.1) is 0 Å². The molecule has 1 aromatic carbocycles. The van der Waals surface area contributed by atoms with Gasteiger partial charge in [0.15, 0.2) is 0 Å². The van der Waals surface area contributed by atoms with E-state index in [4.69, 9.17) is 0 Å². The van der Waals surface area contributed by atoms with Crippen LogP contribution in [-0.2, 0) is 16.6 Å². The molecule has 0 bridgehead atoms. The largest absolute Gasteiger partial charge is 0.316 e. The Kier molecular flexibility index (Phi) is 3.99. The van der Waals surface area contributed by atoms with Crippen LogP contribution in [0.1, 0.15) is 25.8 Å². The average molecular weight is 282 g/mol. The quantitative estimate of drug-likeness (QED) is 0.835. The predicted molar refractivity (Wildman–Crippen MR) is 76.3 cm³/mol. The summed E-state index contributed by atoms with van der Waals surface area (Å²) < 4.78 is 27.1. The number of sulfonamides is 1. The van der Waals surface area contributed by atoms with E-state index in [9.17, 15) is 8.42 Å². The van der Waals surface area contributed by atoms with Gasteiger partial charge in [-0.25, -0.2) is 13.1 Å². The van der Waals surface area contributed by atoms with Gasteiger partial charge >= 0.3 is 0 Å². The Morgan fingerprint density at radius 2 is 2.05 bits per heavy atom. The molecule has 1 fully saturated rings. The third-order valence-electron chi connectivity index (χ3n) is 3.83. The Labute approximate surface area is 115 Å². The van der Waals surface area contributed by atoms with Crippen LogP contribution in [0.25, 0.3) is 0 Å². The first kappa shape index (κ1) is 14.5. The molecule has 2 rings (SSSR count). The van der Waals surface area contributed by atoms with E-state index in [1.165, 1.54) is 0 Å². The first-order valence-electron chi connectivity index (χ1n) is 6.58. The molecule has 1 aromatic rings. The van der Waals surface area contributed by atoms with Gasteiger partial charge in [0, 0.05) is 13.1 Å². The van der Waals surface area contributed by atoms with E-state index in [1.54, 1.807) is 18.2 Å². The van der Waals surface area contributed by atoms with E-state index in [0.717, 1.165) is 12.0 Å². The van der Waals surface area contributed by atoms with Crippen molar-refractivity contribution in [3.63, 3.8) is 0 Å². The molecule has 2 N–H and O–H groups in total. The van der Waals surface area contributed by atoms with Crippen molar-refractivity contribution in [3.05, 3.63) is 29.8 Å². The van der Waals surface area contributed by atoms with Crippen LogP contribution in [0, 0.1) is 11.3 Å². The fourth-order valence-corrected chi connectivity index (χ4v) is 3.40. The van der Waals surface area contributed by atoms with Gasteiger partial charge in [-0.2, -0.15) is 0 Å². The Bertz CT molecular complexity index is 552. The molecule has 1 aliphatic rings. The molecule has 1 saturated carbocycles. The Hall–Kier alpha value is -0.910. The van der Waals surface area contributed by atoms with Crippen LogP contribution in [0.3, 0.4) is 0 Å². The van der Waals surface area contributed by atoms with Gasteiger partial charge in [-0.05, 0) is 42.5 Å². The predicted octanol–water partition coefficient (Wildman–Crippen LogP) is 1.73. The van der Waals surface area contributed by atoms with Gasteiger partial charge in [0.1, 0.15) is 0 Å². The van der Waals surface area contributed by atoms with Crippen LogP contribution < -0.4 is 10.0 Å². The van der Waals surface area contributed by atoms with Gasteiger partial charge in [-0.3, -0.25) is 0 Å². The van der Waals surface area contributed by atoms with Crippen LogP contribution >= 0.6 is 0 Å². The van der Waals surface area contributed by atoms with E-state index >= 15 is 0 Å². The third-order valence-corrected chi connectivity index (χ3v) is 5.25. The summed E-state index contributed by atoms with van der Waals surface area (Å²) in [5.74, 6) is 0.461.